The molecule has 3 aromatic rings. The SMILES string of the molecule is C[C@@H]1[C@@H](C(C)(C)O)[C@H](CC(=O)N2Cc3ccccc3C[C@H]2CO)O[C@@]12C(=O)N(Cc1ccc(N3CCC3=O)cc1)c1ccc(N3CCC3=O)cc12. The Bertz CT molecular complexity index is 1920. The highest BCUT2D eigenvalue weighted by molar-refractivity contribution is 6.09. The number of carbonyl (C=O) groups is 4. The van der Waals surface area contributed by atoms with Crippen molar-refractivity contribution in [2.24, 2.45) is 11.8 Å². The van der Waals surface area contributed by atoms with Gasteiger partial charge >= 0.3 is 0 Å². The number of carbonyl (C=O) groups excluding carboxylic acids is 4. The van der Waals surface area contributed by atoms with Gasteiger partial charge in [0.1, 0.15) is 0 Å². The van der Waals surface area contributed by atoms with E-state index in [-0.39, 0.29) is 43.2 Å². The number of anilines is 3. The van der Waals surface area contributed by atoms with Crippen molar-refractivity contribution in [2.45, 2.75) is 82.9 Å². The predicted molar refractivity (Wildman–Crippen MR) is 190 cm³/mol. The van der Waals surface area contributed by atoms with Crippen LogP contribution in [0.3, 0.4) is 0 Å². The van der Waals surface area contributed by atoms with Crippen LogP contribution in [-0.2, 0) is 49.0 Å². The van der Waals surface area contributed by atoms with Gasteiger partial charge in [0, 0.05) is 61.2 Å². The second-order valence-corrected chi connectivity index (χ2v) is 15.2. The number of hydrogen-bond acceptors (Lipinski definition) is 7. The van der Waals surface area contributed by atoms with Gasteiger partial charge in [0.15, 0.2) is 5.60 Å². The lowest BCUT2D eigenvalue weighted by atomic mass is 9.70. The maximum absolute atomic E-state index is 15.0. The minimum absolute atomic E-state index is 0.00530. The summed E-state index contributed by atoms with van der Waals surface area (Å²) in [4.78, 5) is 60.6. The van der Waals surface area contributed by atoms with E-state index in [4.69, 9.17) is 4.74 Å². The van der Waals surface area contributed by atoms with E-state index in [2.05, 4.69) is 0 Å². The highest BCUT2D eigenvalue weighted by atomic mass is 16.5. The fourth-order valence-electron chi connectivity index (χ4n) is 9.06. The molecule has 3 fully saturated rings. The first-order valence-corrected chi connectivity index (χ1v) is 17.9. The fraction of sp³-hybridized carbons (Fsp3) is 0.450. The maximum Gasteiger partial charge on any atom is 0.264 e. The molecule has 1 spiro atoms. The Balaban J connectivity index is 1.14. The van der Waals surface area contributed by atoms with Crippen LogP contribution in [0.2, 0.25) is 0 Å². The quantitative estimate of drug-likeness (QED) is 0.345. The summed E-state index contributed by atoms with van der Waals surface area (Å²) in [6.07, 6.45) is 0.637. The van der Waals surface area contributed by atoms with Crippen molar-refractivity contribution in [2.75, 3.05) is 34.4 Å². The Labute approximate surface area is 297 Å². The van der Waals surface area contributed by atoms with E-state index in [1.165, 1.54) is 0 Å². The molecule has 0 radical (unpaired) electrons. The second-order valence-electron chi connectivity index (χ2n) is 15.2. The topological polar surface area (TPSA) is 131 Å². The van der Waals surface area contributed by atoms with E-state index >= 15 is 4.79 Å². The Morgan fingerprint density at radius 2 is 1.57 bits per heavy atom. The van der Waals surface area contributed by atoms with Gasteiger partial charge in [0.2, 0.25) is 17.7 Å². The number of nitrogens with zero attached hydrogens (tertiary/aromatic N) is 4. The summed E-state index contributed by atoms with van der Waals surface area (Å²) in [5, 5.41) is 22.0. The molecular formula is C40H44N4O7. The van der Waals surface area contributed by atoms with Gasteiger partial charge in [-0.25, -0.2) is 0 Å². The van der Waals surface area contributed by atoms with E-state index in [0.717, 1.165) is 22.4 Å². The zero-order chi connectivity index (χ0) is 35.8. The molecule has 0 aliphatic carbocycles. The number of benzene rings is 3. The third-order valence-electron chi connectivity index (χ3n) is 11.8. The molecule has 11 heteroatoms. The molecule has 11 nitrogen and oxygen atoms in total. The van der Waals surface area contributed by atoms with E-state index in [1.54, 1.807) is 33.4 Å². The molecule has 0 bridgehead atoms. The average Bonchev–Trinajstić information content (AvgIpc) is 3.52. The first-order valence-electron chi connectivity index (χ1n) is 17.9. The van der Waals surface area contributed by atoms with Crippen molar-refractivity contribution < 1.29 is 34.1 Å². The summed E-state index contributed by atoms with van der Waals surface area (Å²) in [6, 6.07) is 20.7. The summed E-state index contributed by atoms with van der Waals surface area (Å²) >= 11 is 0. The average molecular weight is 693 g/mol. The van der Waals surface area contributed by atoms with E-state index in [1.807, 2.05) is 73.7 Å². The molecule has 2 N–H and O–H groups in total. The Morgan fingerprint density at radius 1 is 0.922 bits per heavy atom. The number of ether oxygens (including phenoxy) is 1. The highest BCUT2D eigenvalue weighted by Gasteiger charge is 2.66. The number of rotatable bonds is 8. The summed E-state index contributed by atoms with van der Waals surface area (Å²) in [5.41, 5.74) is 2.91. The number of hydrogen-bond donors (Lipinski definition) is 2. The first-order chi connectivity index (χ1) is 24.4. The van der Waals surface area contributed by atoms with E-state index < -0.39 is 35.2 Å². The Hall–Kier alpha value is -4.58. The maximum atomic E-state index is 15.0. The van der Waals surface area contributed by atoms with Crippen LogP contribution >= 0.6 is 0 Å². The Morgan fingerprint density at radius 3 is 2.18 bits per heavy atom. The molecule has 0 unspecified atom stereocenters. The normalized spacial score (nSPS) is 27.1. The third-order valence-corrected chi connectivity index (χ3v) is 11.8. The fourth-order valence-corrected chi connectivity index (χ4v) is 9.06. The molecule has 5 atom stereocenters. The van der Waals surface area contributed by atoms with Gasteiger partial charge in [0.05, 0.1) is 43.0 Å². The van der Waals surface area contributed by atoms with Crippen LogP contribution in [-0.4, -0.2) is 76.2 Å². The van der Waals surface area contributed by atoms with Gasteiger partial charge in [-0.3, -0.25) is 19.2 Å². The number of aliphatic hydroxyl groups excluding tert-OH is 1. The van der Waals surface area contributed by atoms with Crippen LogP contribution in [0.1, 0.15) is 62.3 Å². The number of β-lactam (4-membered cyclic amide) rings is 2. The largest absolute Gasteiger partial charge is 0.394 e. The van der Waals surface area contributed by atoms with Crippen LogP contribution in [0.4, 0.5) is 17.1 Å². The predicted octanol–water partition coefficient (Wildman–Crippen LogP) is 3.66. The Kier molecular flexibility index (Phi) is 8.08. The molecule has 51 heavy (non-hydrogen) atoms. The molecule has 5 aliphatic rings. The molecule has 3 saturated heterocycles. The molecule has 266 valence electrons. The van der Waals surface area contributed by atoms with Crippen molar-refractivity contribution in [3.63, 3.8) is 0 Å². The van der Waals surface area contributed by atoms with Crippen molar-refractivity contribution in [3.8, 4) is 0 Å². The second kappa shape index (κ2) is 12.3. The van der Waals surface area contributed by atoms with Gasteiger partial charge in [-0.05, 0) is 67.3 Å². The van der Waals surface area contributed by atoms with Crippen molar-refractivity contribution in [1.82, 2.24) is 4.90 Å². The van der Waals surface area contributed by atoms with Gasteiger partial charge in [-0.1, -0.05) is 43.3 Å². The molecule has 4 amide bonds. The smallest absolute Gasteiger partial charge is 0.264 e. The lowest BCUT2D eigenvalue weighted by Crippen LogP contribution is -2.48. The lowest BCUT2D eigenvalue weighted by molar-refractivity contribution is -0.151. The lowest BCUT2D eigenvalue weighted by Gasteiger charge is -2.38. The molecular weight excluding hydrogens is 648 g/mol. The minimum Gasteiger partial charge on any atom is -0.394 e. The van der Waals surface area contributed by atoms with E-state index in [0.29, 0.717) is 55.8 Å². The van der Waals surface area contributed by atoms with Gasteiger partial charge in [0.25, 0.3) is 5.91 Å². The van der Waals surface area contributed by atoms with Crippen molar-refractivity contribution in [1.29, 1.82) is 0 Å². The summed E-state index contributed by atoms with van der Waals surface area (Å²) < 4.78 is 6.96. The summed E-state index contributed by atoms with van der Waals surface area (Å²) in [7, 11) is 0. The third kappa shape index (κ3) is 5.36. The summed E-state index contributed by atoms with van der Waals surface area (Å²) in [6.45, 7) is 6.98. The van der Waals surface area contributed by atoms with Crippen molar-refractivity contribution in [3.05, 3.63) is 89.0 Å². The molecule has 0 aromatic heterocycles. The zero-order valence-electron chi connectivity index (χ0n) is 29.2. The summed E-state index contributed by atoms with van der Waals surface area (Å²) in [5.74, 6) is -1.57. The van der Waals surface area contributed by atoms with Crippen LogP contribution < -0.4 is 14.7 Å². The number of fused-ring (bicyclic) bond motifs is 3. The first kappa shape index (κ1) is 33.6. The molecule has 5 heterocycles. The highest BCUT2D eigenvalue weighted by Crippen LogP contribution is 2.58. The van der Waals surface area contributed by atoms with E-state index in [9.17, 15) is 24.6 Å². The van der Waals surface area contributed by atoms with Gasteiger partial charge < -0.3 is 34.5 Å². The zero-order valence-corrected chi connectivity index (χ0v) is 29.2. The molecule has 0 saturated carbocycles. The monoisotopic (exact) mass is 692 g/mol. The van der Waals surface area contributed by atoms with Gasteiger partial charge in [-0.15, -0.1) is 0 Å². The number of amides is 4. The van der Waals surface area contributed by atoms with Crippen LogP contribution in [0.15, 0.2) is 66.7 Å². The number of aliphatic hydroxyl groups is 2. The van der Waals surface area contributed by atoms with Crippen molar-refractivity contribution >= 4 is 40.7 Å². The van der Waals surface area contributed by atoms with Gasteiger partial charge in [-0.2, -0.15) is 0 Å². The van der Waals surface area contributed by atoms with Crippen LogP contribution in [0.5, 0.6) is 0 Å². The molecule has 8 rings (SSSR count). The van der Waals surface area contributed by atoms with Crippen LogP contribution in [0, 0.1) is 11.8 Å². The molecule has 5 aliphatic heterocycles. The molecule has 3 aromatic carbocycles. The minimum atomic E-state index is -1.52. The van der Waals surface area contributed by atoms with Crippen LogP contribution in [0.25, 0.3) is 0 Å². The standard InChI is InChI=1S/C40H44N4O7/c1-24-37(39(2,3)50)33(20-36(48)43-22-27-7-5-4-6-26(27)18-30(43)23-45)51-40(24)31-19-29(42-17-15-35(42)47)12-13-32(31)44(38(40)49)21-25-8-10-28(11-9-25)41-16-14-34(41)46/h4-13,19,24,30,33,37,45,50H,14-18,20-23H2,1-3H3/t24-,30+,33+,37-,40+/m1/s1.